The zero-order valence-corrected chi connectivity index (χ0v) is 13.6. The predicted octanol–water partition coefficient (Wildman–Crippen LogP) is 2.39. The number of non-ortho nitro benzene ring substituents is 1. The molecule has 0 radical (unpaired) electrons. The van der Waals surface area contributed by atoms with E-state index in [0.29, 0.717) is 10.9 Å². The van der Waals surface area contributed by atoms with Crippen molar-refractivity contribution in [1.29, 1.82) is 0 Å². The van der Waals surface area contributed by atoms with Crippen LogP contribution >= 0.6 is 0 Å². The second kappa shape index (κ2) is 6.71. The van der Waals surface area contributed by atoms with Gasteiger partial charge in [0, 0.05) is 12.1 Å². The van der Waals surface area contributed by atoms with Crippen molar-refractivity contribution in [2.24, 2.45) is 0 Å². The van der Waals surface area contributed by atoms with Crippen molar-refractivity contribution in [3.05, 3.63) is 74.6 Å². The molecular formula is C17H13FN4O4. The Hall–Kier alpha value is -3.62. The Bertz CT molecular complexity index is 1090. The van der Waals surface area contributed by atoms with Crippen molar-refractivity contribution in [3.63, 3.8) is 0 Å². The van der Waals surface area contributed by atoms with Crippen molar-refractivity contribution < 1.29 is 14.1 Å². The van der Waals surface area contributed by atoms with Gasteiger partial charge in [-0.1, -0.05) is 12.1 Å². The van der Waals surface area contributed by atoms with Crippen molar-refractivity contribution in [2.45, 2.75) is 13.5 Å². The molecule has 0 saturated carbocycles. The highest BCUT2D eigenvalue weighted by molar-refractivity contribution is 5.91. The normalized spacial score (nSPS) is 10.7. The van der Waals surface area contributed by atoms with Gasteiger partial charge < -0.3 is 5.32 Å². The number of para-hydroxylation sites is 1. The summed E-state index contributed by atoms with van der Waals surface area (Å²) >= 11 is 0. The summed E-state index contributed by atoms with van der Waals surface area (Å²) in [5.74, 6) is -1.52. The van der Waals surface area contributed by atoms with Gasteiger partial charge in [0.15, 0.2) is 0 Å². The number of rotatable bonds is 4. The number of carbonyl (C=O) groups is 1. The van der Waals surface area contributed by atoms with Gasteiger partial charge in [0.2, 0.25) is 5.91 Å². The molecule has 0 atom stereocenters. The van der Waals surface area contributed by atoms with Crippen molar-refractivity contribution in [2.75, 3.05) is 5.32 Å². The highest BCUT2D eigenvalue weighted by atomic mass is 19.1. The summed E-state index contributed by atoms with van der Waals surface area (Å²) in [6.45, 7) is 1.41. The lowest BCUT2D eigenvalue weighted by Crippen LogP contribution is -2.28. The first kappa shape index (κ1) is 17.2. The molecule has 132 valence electrons. The third-order valence-electron chi connectivity index (χ3n) is 3.80. The smallest absolute Gasteiger partial charge is 0.271 e. The Labute approximate surface area is 146 Å². The number of hydrogen-bond donors (Lipinski definition) is 1. The number of amides is 1. The van der Waals surface area contributed by atoms with Gasteiger partial charge in [-0.25, -0.2) is 9.37 Å². The third kappa shape index (κ3) is 3.27. The van der Waals surface area contributed by atoms with E-state index in [1.807, 2.05) is 13.0 Å². The van der Waals surface area contributed by atoms with Gasteiger partial charge in [0.1, 0.15) is 12.4 Å². The molecule has 3 rings (SSSR count). The van der Waals surface area contributed by atoms with E-state index in [2.05, 4.69) is 10.3 Å². The number of aromatic nitrogens is 2. The van der Waals surface area contributed by atoms with E-state index in [9.17, 15) is 24.1 Å². The van der Waals surface area contributed by atoms with Crippen LogP contribution in [0.1, 0.15) is 5.56 Å². The fourth-order valence-electron chi connectivity index (χ4n) is 2.52. The number of nitro benzene ring substituents is 1. The highest BCUT2D eigenvalue weighted by Gasteiger charge is 2.14. The molecular weight excluding hydrogens is 343 g/mol. The number of nitro groups is 1. The van der Waals surface area contributed by atoms with Crippen LogP contribution in [-0.4, -0.2) is 20.4 Å². The Kier molecular flexibility index (Phi) is 4.44. The summed E-state index contributed by atoms with van der Waals surface area (Å²) in [7, 11) is 0. The number of hydrogen-bond acceptors (Lipinski definition) is 5. The molecule has 26 heavy (non-hydrogen) atoms. The number of anilines is 1. The molecule has 0 bridgehead atoms. The number of fused-ring (bicyclic) bond motifs is 1. The molecule has 0 spiro atoms. The molecule has 0 unspecified atom stereocenters. The zero-order chi connectivity index (χ0) is 18.8. The first-order chi connectivity index (χ1) is 12.4. The van der Waals surface area contributed by atoms with Crippen LogP contribution < -0.4 is 10.9 Å². The van der Waals surface area contributed by atoms with E-state index in [1.165, 1.54) is 6.33 Å². The minimum absolute atomic E-state index is 0.332. The van der Waals surface area contributed by atoms with E-state index >= 15 is 0 Å². The number of carbonyl (C=O) groups excluding carboxylic acids is 1. The van der Waals surface area contributed by atoms with Crippen LogP contribution in [0.25, 0.3) is 10.9 Å². The summed E-state index contributed by atoms with van der Waals surface area (Å²) < 4.78 is 14.8. The van der Waals surface area contributed by atoms with Gasteiger partial charge in [-0.2, -0.15) is 0 Å². The second-order valence-corrected chi connectivity index (χ2v) is 5.62. The average molecular weight is 356 g/mol. The van der Waals surface area contributed by atoms with Gasteiger partial charge in [0.25, 0.3) is 11.2 Å². The summed E-state index contributed by atoms with van der Waals surface area (Å²) in [4.78, 5) is 38.8. The van der Waals surface area contributed by atoms with Crippen LogP contribution in [0.4, 0.5) is 15.8 Å². The van der Waals surface area contributed by atoms with Crippen molar-refractivity contribution in [1.82, 2.24) is 9.55 Å². The van der Waals surface area contributed by atoms with Crippen LogP contribution in [0.15, 0.2) is 47.5 Å². The van der Waals surface area contributed by atoms with Gasteiger partial charge in [-0.05, 0) is 24.6 Å². The van der Waals surface area contributed by atoms with Gasteiger partial charge in [-0.3, -0.25) is 24.3 Å². The van der Waals surface area contributed by atoms with Gasteiger partial charge in [0.05, 0.1) is 27.8 Å². The Balaban J connectivity index is 1.86. The maximum absolute atomic E-state index is 13.7. The summed E-state index contributed by atoms with van der Waals surface area (Å²) in [5.41, 5.74) is 0.269. The molecule has 1 N–H and O–H groups in total. The summed E-state index contributed by atoms with van der Waals surface area (Å²) in [5, 5.41) is 13.4. The van der Waals surface area contributed by atoms with Gasteiger partial charge >= 0.3 is 0 Å². The molecule has 1 amide bonds. The molecule has 0 fully saturated rings. The summed E-state index contributed by atoms with van der Waals surface area (Å²) in [6.07, 6.45) is 1.24. The lowest BCUT2D eigenvalue weighted by Gasteiger charge is -2.09. The van der Waals surface area contributed by atoms with Crippen LogP contribution in [0.2, 0.25) is 0 Å². The SMILES string of the molecule is Cc1cccc2c(=O)n(CC(=O)Nc3cc([N+](=O)[O-])ccc3F)cnc12. The molecule has 0 aliphatic carbocycles. The lowest BCUT2D eigenvalue weighted by atomic mass is 10.1. The quantitative estimate of drug-likeness (QED) is 0.570. The predicted molar refractivity (Wildman–Crippen MR) is 92.4 cm³/mol. The number of nitrogens with zero attached hydrogens (tertiary/aromatic N) is 3. The average Bonchev–Trinajstić information content (AvgIpc) is 2.59. The molecule has 1 heterocycles. The van der Waals surface area contributed by atoms with E-state index in [4.69, 9.17) is 0 Å². The van der Waals surface area contributed by atoms with Crippen LogP contribution in [0.5, 0.6) is 0 Å². The molecule has 0 aliphatic heterocycles. The van der Waals surface area contributed by atoms with Crippen LogP contribution in [0, 0.1) is 22.9 Å². The Morgan fingerprint density at radius 2 is 2.12 bits per heavy atom. The second-order valence-electron chi connectivity index (χ2n) is 5.62. The number of halogens is 1. The maximum atomic E-state index is 13.7. The first-order valence-corrected chi connectivity index (χ1v) is 7.55. The van der Waals surface area contributed by atoms with E-state index < -0.39 is 28.8 Å². The lowest BCUT2D eigenvalue weighted by molar-refractivity contribution is -0.384. The highest BCUT2D eigenvalue weighted by Crippen LogP contribution is 2.21. The van der Waals surface area contributed by atoms with E-state index in [1.54, 1.807) is 12.1 Å². The molecule has 0 saturated heterocycles. The largest absolute Gasteiger partial charge is 0.322 e. The van der Waals surface area contributed by atoms with E-state index in [0.717, 1.165) is 28.3 Å². The molecule has 1 aromatic heterocycles. The zero-order valence-electron chi connectivity index (χ0n) is 13.6. The van der Waals surface area contributed by atoms with E-state index in [-0.39, 0.29) is 11.4 Å². The number of aryl methyl sites for hydroxylation is 1. The monoisotopic (exact) mass is 356 g/mol. The number of benzene rings is 2. The molecule has 3 aromatic rings. The minimum Gasteiger partial charge on any atom is -0.322 e. The fourth-order valence-corrected chi connectivity index (χ4v) is 2.52. The molecule has 9 heteroatoms. The van der Waals surface area contributed by atoms with Crippen molar-refractivity contribution in [3.8, 4) is 0 Å². The fraction of sp³-hybridized carbons (Fsp3) is 0.118. The maximum Gasteiger partial charge on any atom is 0.271 e. The molecule has 8 nitrogen and oxygen atoms in total. The standard InChI is InChI=1S/C17H13FN4O4/c1-10-3-2-4-12-16(10)19-9-21(17(12)24)8-15(23)20-14-7-11(22(25)26)5-6-13(14)18/h2-7,9H,8H2,1H3,(H,20,23). The Morgan fingerprint density at radius 3 is 2.85 bits per heavy atom. The number of nitrogens with one attached hydrogen (secondary N) is 1. The van der Waals surface area contributed by atoms with Crippen LogP contribution in [0.3, 0.4) is 0 Å². The van der Waals surface area contributed by atoms with Crippen LogP contribution in [-0.2, 0) is 11.3 Å². The van der Waals surface area contributed by atoms with Crippen molar-refractivity contribution >= 4 is 28.2 Å². The van der Waals surface area contributed by atoms with Gasteiger partial charge in [-0.15, -0.1) is 0 Å². The molecule has 2 aromatic carbocycles. The third-order valence-corrected chi connectivity index (χ3v) is 3.80. The topological polar surface area (TPSA) is 107 Å². The summed E-state index contributed by atoms with van der Waals surface area (Å²) in [6, 6.07) is 7.93. The Morgan fingerprint density at radius 1 is 1.35 bits per heavy atom. The first-order valence-electron chi connectivity index (χ1n) is 7.55. The molecule has 0 aliphatic rings. The minimum atomic E-state index is -0.816.